The topological polar surface area (TPSA) is 40.6 Å². The molecule has 0 spiro atoms. The largest absolute Gasteiger partial charge is 0.341 e. The van der Waals surface area contributed by atoms with Gasteiger partial charge in [-0.1, -0.05) is 54.1 Å². The molecule has 1 heterocycles. The predicted octanol–water partition coefficient (Wildman–Crippen LogP) is 3.35. The van der Waals surface area contributed by atoms with E-state index in [9.17, 15) is 9.59 Å². The fraction of sp³-hybridized carbons (Fsp3) is 0.300. The summed E-state index contributed by atoms with van der Waals surface area (Å²) in [6.07, 6.45) is 0.288. The molecule has 1 aliphatic rings. The smallest absolute Gasteiger partial charge is 0.228 e. The van der Waals surface area contributed by atoms with Crippen LogP contribution in [0.1, 0.15) is 17.5 Å². The van der Waals surface area contributed by atoms with Gasteiger partial charge in [-0.05, 0) is 23.3 Å². The summed E-state index contributed by atoms with van der Waals surface area (Å²) < 4.78 is 0. The fourth-order valence-electron chi connectivity index (χ4n) is 3.15. The Kier molecular flexibility index (Phi) is 5.39. The second-order valence-corrected chi connectivity index (χ2v) is 6.92. The van der Waals surface area contributed by atoms with Crippen LogP contribution in [0.4, 0.5) is 0 Å². The third-order valence-corrected chi connectivity index (χ3v) is 4.74. The van der Waals surface area contributed by atoms with Gasteiger partial charge < -0.3 is 9.80 Å². The minimum absolute atomic E-state index is 0.0128. The van der Waals surface area contributed by atoms with Crippen molar-refractivity contribution in [1.82, 2.24) is 9.80 Å². The highest BCUT2D eigenvalue weighted by Crippen LogP contribution is 2.22. The van der Waals surface area contributed by atoms with Gasteiger partial charge in [0.25, 0.3) is 0 Å². The minimum Gasteiger partial charge on any atom is -0.341 e. The van der Waals surface area contributed by atoms with Crippen molar-refractivity contribution in [2.45, 2.75) is 19.5 Å². The van der Waals surface area contributed by atoms with E-state index in [1.54, 1.807) is 16.8 Å². The molecule has 0 aromatic heterocycles. The predicted molar refractivity (Wildman–Crippen MR) is 97.9 cm³/mol. The molecule has 25 heavy (non-hydrogen) atoms. The van der Waals surface area contributed by atoms with Crippen LogP contribution in [0.2, 0.25) is 5.02 Å². The third kappa shape index (κ3) is 4.40. The van der Waals surface area contributed by atoms with Crippen molar-refractivity contribution < 1.29 is 9.59 Å². The summed E-state index contributed by atoms with van der Waals surface area (Å²) in [4.78, 5) is 28.4. The van der Waals surface area contributed by atoms with E-state index in [2.05, 4.69) is 0 Å². The maximum atomic E-state index is 12.7. The molecule has 4 nitrogen and oxygen atoms in total. The van der Waals surface area contributed by atoms with E-state index >= 15 is 0 Å². The SMILES string of the molecule is CN(Cc1ccc(Cl)cc1)C(=O)C1CC(=O)N(Cc2ccccc2)C1. The molecule has 2 aromatic rings. The van der Waals surface area contributed by atoms with Crippen molar-refractivity contribution in [2.24, 2.45) is 5.92 Å². The molecule has 1 atom stereocenters. The van der Waals surface area contributed by atoms with Gasteiger partial charge in [0.2, 0.25) is 11.8 Å². The average Bonchev–Trinajstić information content (AvgIpc) is 2.98. The van der Waals surface area contributed by atoms with E-state index in [4.69, 9.17) is 11.6 Å². The van der Waals surface area contributed by atoms with Gasteiger partial charge in [0.15, 0.2) is 0 Å². The quantitative estimate of drug-likeness (QED) is 0.824. The molecule has 1 aliphatic heterocycles. The molecule has 0 aliphatic carbocycles. The third-order valence-electron chi connectivity index (χ3n) is 4.49. The molecule has 0 saturated carbocycles. The molecule has 5 heteroatoms. The normalized spacial score (nSPS) is 17.0. The zero-order valence-corrected chi connectivity index (χ0v) is 14.9. The first-order valence-electron chi connectivity index (χ1n) is 8.34. The molecule has 1 saturated heterocycles. The summed E-state index contributed by atoms with van der Waals surface area (Å²) >= 11 is 5.89. The standard InChI is InChI=1S/C20H21ClN2O2/c1-22(12-16-7-9-18(21)10-8-16)20(25)17-11-19(24)23(14-17)13-15-5-3-2-4-6-15/h2-10,17H,11-14H2,1H3. The van der Waals surface area contributed by atoms with Gasteiger partial charge in [-0.2, -0.15) is 0 Å². The number of likely N-dealkylation sites (tertiary alicyclic amines) is 1. The summed E-state index contributed by atoms with van der Waals surface area (Å²) in [5.41, 5.74) is 2.10. The summed E-state index contributed by atoms with van der Waals surface area (Å²) in [6, 6.07) is 17.3. The van der Waals surface area contributed by atoms with Crippen molar-refractivity contribution in [3.63, 3.8) is 0 Å². The molecule has 0 bridgehead atoms. The Labute approximate surface area is 153 Å². The second-order valence-electron chi connectivity index (χ2n) is 6.48. The molecule has 3 rings (SSSR count). The van der Waals surface area contributed by atoms with Gasteiger partial charge in [-0.3, -0.25) is 9.59 Å². The highest BCUT2D eigenvalue weighted by atomic mass is 35.5. The summed E-state index contributed by atoms with van der Waals surface area (Å²) in [5.74, 6) is -0.213. The van der Waals surface area contributed by atoms with Crippen LogP contribution in [0.5, 0.6) is 0 Å². The van der Waals surface area contributed by atoms with Crippen molar-refractivity contribution in [2.75, 3.05) is 13.6 Å². The van der Waals surface area contributed by atoms with Gasteiger partial charge in [-0.15, -0.1) is 0 Å². The number of hydrogen-bond acceptors (Lipinski definition) is 2. The molecule has 2 amide bonds. The zero-order valence-electron chi connectivity index (χ0n) is 14.2. The lowest BCUT2D eigenvalue weighted by molar-refractivity contribution is -0.135. The summed E-state index contributed by atoms with van der Waals surface area (Å²) in [6.45, 7) is 1.56. The number of benzene rings is 2. The first-order valence-corrected chi connectivity index (χ1v) is 8.72. The number of amides is 2. The van der Waals surface area contributed by atoms with Crippen LogP contribution >= 0.6 is 11.6 Å². The van der Waals surface area contributed by atoms with Crippen LogP contribution in [0.15, 0.2) is 54.6 Å². The Morgan fingerprint density at radius 3 is 2.48 bits per heavy atom. The first-order chi connectivity index (χ1) is 12.0. The van der Waals surface area contributed by atoms with Gasteiger partial charge in [0.05, 0.1) is 5.92 Å². The number of carbonyl (C=O) groups is 2. The van der Waals surface area contributed by atoms with Crippen molar-refractivity contribution in [3.05, 3.63) is 70.7 Å². The molecule has 0 radical (unpaired) electrons. The molecular weight excluding hydrogens is 336 g/mol. The van der Waals surface area contributed by atoms with Crippen molar-refractivity contribution >= 4 is 23.4 Å². The summed E-state index contributed by atoms with van der Waals surface area (Å²) in [5, 5.41) is 0.677. The van der Waals surface area contributed by atoms with Gasteiger partial charge in [-0.25, -0.2) is 0 Å². The van der Waals surface area contributed by atoms with Gasteiger partial charge in [0, 0.05) is 38.1 Å². The lowest BCUT2D eigenvalue weighted by atomic mass is 10.1. The number of rotatable bonds is 5. The molecule has 1 fully saturated rings. The maximum Gasteiger partial charge on any atom is 0.228 e. The Hall–Kier alpha value is -2.33. The fourth-order valence-corrected chi connectivity index (χ4v) is 3.27. The van der Waals surface area contributed by atoms with E-state index in [0.717, 1.165) is 11.1 Å². The maximum absolute atomic E-state index is 12.7. The monoisotopic (exact) mass is 356 g/mol. The molecule has 130 valence electrons. The molecule has 0 N–H and O–H groups in total. The lowest BCUT2D eigenvalue weighted by Gasteiger charge is -2.21. The highest BCUT2D eigenvalue weighted by molar-refractivity contribution is 6.30. The molecular formula is C20H21ClN2O2. The van der Waals surface area contributed by atoms with Crippen LogP contribution in [0.3, 0.4) is 0 Å². The van der Waals surface area contributed by atoms with Crippen LogP contribution in [-0.2, 0) is 22.7 Å². The van der Waals surface area contributed by atoms with Crippen LogP contribution in [-0.4, -0.2) is 35.2 Å². The Morgan fingerprint density at radius 1 is 1.12 bits per heavy atom. The van der Waals surface area contributed by atoms with E-state index in [1.807, 2.05) is 54.6 Å². The molecule has 2 aromatic carbocycles. The van der Waals surface area contributed by atoms with Crippen LogP contribution < -0.4 is 0 Å². The number of nitrogens with zero attached hydrogens (tertiary/aromatic N) is 2. The average molecular weight is 357 g/mol. The zero-order chi connectivity index (χ0) is 17.8. The van der Waals surface area contributed by atoms with E-state index < -0.39 is 0 Å². The lowest BCUT2D eigenvalue weighted by Crippen LogP contribution is -2.34. The summed E-state index contributed by atoms with van der Waals surface area (Å²) in [7, 11) is 1.78. The Balaban J connectivity index is 1.59. The van der Waals surface area contributed by atoms with E-state index in [1.165, 1.54) is 0 Å². The van der Waals surface area contributed by atoms with Crippen molar-refractivity contribution in [1.29, 1.82) is 0 Å². The molecule has 1 unspecified atom stereocenters. The first kappa shape index (κ1) is 17.5. The van der Waals surface area contributed by atoms with E-state index in [-0.39, 0.29) is 24.2 Å². The number of halogens is 1. The van der Waals surface area contributed by atoms with Crippen molar-refractivity contribution in [3.8, 4) is 0 Å². The Bertz CT molecular complexity index is 746. The number of hydrogen-bond donors (Lipinski definition) is 0. The van der Waals surface area contributed by atoms with Crippen LogP contribution in [0, 0.1) is 5.92 Å². The highest BCUT2D eigenvalue weighted by Gasteiger charge is 2.35. The minimum atomic E-state index is -0.270. The van der Waals surface area contributed by atoms with E-state index in [0.29, 0.717) is 24.7 Å². The van der Waals surface area contributed by atoms with Gasteiger partial charge in [0.1, 0.15) is 0 Å². The Morgan fingerprint density at radius 2 is 1.80 bits per heavy atom. The number of carbonyl (C=O) groups excluding carboxylic acids is 2. The second kappa shape index (κ2) is 7.70. The van der Waals surface area contributed by atoms with Crippen LogP contribution in [0.25, 0.3) is 0 Å². The van der Waals surface area contributed by atoms with Gasteiger partial charge >= 0.3 is 0 Å².